The molecule has 0 radical (unpaired) electrons. The van der Waals surface area contributed by atoms with Gasteiger partial charge in [0.2, 0.25) is 5.75 Å². The molecule has 0 bridgehead atoms. The SMILES string of the molecule is COc1cc(C(=O)N2CCOCC2)cc(OC)c1O. The van der Waals surface area contributed by atoms with E-state index in [2.05, 4.69) is 0 Å². The minimum Gasteiger partial charge on any atom is -0.502 e. The summed E-state index contributed by atoms with van der Waals surface area (Å²) in [6.07, 6.45) is 0. The molecule has 6 heteroatoms. The number of hydrogen-bond acceptors (Lipinski definition) is 5. The smallest absolute Gasteiger partial charge is 0.254 e. The van der Waals surface area contributed by atoms with Gasteiger partial charge in [-0.25, -0.2) is 0 Å². The summed E-state index contributed by atoms with van der Waals surface area (Å²) < 4.78 is 15.3. The van der Waals surface area contributed by atoms with Crippen LogP contribution in [-0.2, 0) is 4.74 Å². The van der Waals surface area contributed by atoms with Crippen LogP contribution < -0.4 is 9.47 Å². The van der Waals surface area contributed by atoms with Gasteiger partial charge in [0.1, 0.15) is 0 Å². The van der Waals surface area contributed by atoms with Crippen molar-refractivity contribution in [3.05, 3.63) is 17.7 Å². The van der Waals surface area contributed by atoms with Crippen LogP contribution >= 0.6 is 0 Å². The molecule has 6 nitrogen and oxygen atoms in total. The van der Waals surface area contributed by atoms with Gasteiger partial charge in [-0.3, -0.25) is 4.79 Å². The average molecular weight is 267 g/mol. The highest BCUT2D eigenvalue weighted by Gasteiger charge is 2.21. The Labute approximate surface area is 111 Å². The normalized spacial score (nSPS) is 15.2. The lowest BCUT2D eigenvalue weighted by molar-refractivity contribution is 0.0302. The Morgan fingerprint density at radius 1 is 1.21 bits per heavy atom. The summed E-state index contributed by atoms with van der Waals surface area (Å²) in [5, 5.41) is 9.81. The molecule has 1 saturated heterocycles. The van der Waals surface area contributed by atoms with Gasteiger partial charge in [-0.05, 0) is 12.1 Å². The Morgan fingerprint density at radius 2 is 1.74 bits per heavy atom. The number of phenolic OH excluding ortho intramolecular Hbond substituents is 1. The minimum absolute atomic E-state index is 0.108. The molecule has 19 heavy (non-hydrogen) atoms. The highest BCUT2D eigenvalue weighted by atomic mass is 16.5. The maximum atomic E-state index is 12.3. The monoisotopic (exact) mass is 267 g/mol. The third-order valence-corrected chi connectivity index (χ3v) is 3.03. The van der Waals surface area contributed by atoms with E-state index in [0.29, 0.717) is 31.9 Å². The lowest BCUT2D eigenvalue weighted by Gasteiger charge is -2.27. The van der Waals surface area contributed by atoms with Crippen molar-refractivity contribution in [1.82, 2.24) is 4.90 Å². The molecule has 1 aliphatic heterocycles. The molecule has 0 saturated carbocycles. The zero-order chi connectivity index (χ0) is 13.8. The van der Waals surface area contributed by atoms with E-state index in [4.69, 9.17) is 14.2 Å². The van der Waals surface area contributed by atoms with E-state index in [0.717, 1.165) is 0 Å². The Bertz CT molecular complexity index is 443. The fourth-order valence-corrected chi connectivity index (χ4v) is 1.97. The van der Waals surface area contributed by atoms with Crippen molar-refractivity contribution < 1.29 is 24.1 Å². The van der Waals surface area contributed by atoms with E-state index in [9.17, 15) is 9.90 Å². The largest absolute Gasteiger partial charge is 0.502 e. The van der Waals surface area contributed by atoms with E-state index in [-0.39, 0.29) is 23.2 Å². The van der Waals surface area contributed by atoms with Gasteiger partial charge in [0, 0.05) is 18.7 Å². The minimum atomic E-state index is -0.125. The third kappa shape index (κ3) is 2.73. The van der Waals surface area contributed by atoms with E-state index in [1.54, 1.807) is 4.90 Å². The summed E-state index contributed by atoms with van der Waals surface area (Å²) in [4.78, 5) is 14.0. The highest BCUT2D eigenvalue weighted by molar-refractivity contribution is 5.95. The van der Waals surface area contributed by atoms with Crippen molar-refractivity contribution in [3.8, 4) is 17.2 Å². The van der Waals surface area contributed by atoms with Crippen LogP contribution in [0.4, 0.5) is 0 Å². The van der Waals surface area contributed by atoms with Gasteiger partial charge in [-0.1, -0.05) is 0 Å². The van der Waals surface area contributed by atoms with Gasteiger partial charge < -0.3 is 24.2 Å². The van der Waals surface area contributed by atoms with Gasteiger partial charge in [-0.2, -0.15) is 0 Å². The number of amides is 1. The standard InChI is InChI=1S/C13H17NO5/c1-17-10-7-9(8-11(18-2)12(10)15)13(16)14-3-5-19-6-4-14/h7-8,15H,3-6H2,1-2H3. The second-order valence-electron chi connectivity index (χ2n) is 4.13. The number of benzene rings is 1. The molecule has 0 aliphatic carbocycles. The first-order chi connectivity index (χ1) is 9.17. The molecule has 104 valence electrons. The first-order valence-corrected chi connectivity index (χ1v) is 5.99. The van der Waals surface area contributed by atoms with E-state index in [1.165, 1.54) is 26.4 Å². The molecule has 1 heterocycles. The average Bonchev–Trinajstić information content (AvgIpc) is 2.47. The number of nitrogens with zero attached hydrogens (tertiary/aromatic N) is 1. The number of rotatable bonds is 3. The fraction of sp³-hybridized carbons (Fsp3) is 0.462. The van der Waals surface area contributed by atoms with E-state index < -0.39 is 0 Å². The summed E-state index contributed by atoms with van der Waals surface area (Å²) in [5.41, 5.74) is 0.424. The topological polar surface area (TPSA) is 68.2 Å². The molecule has 1 aromatic carbocycles. The van der Waals surface area contributed by atoms with Gasteiger partial charge >= 0.3 is 0 Å². The molecule has 0 aromatic heterocycles. The van der Waals surface area contributed by atoms with Crippen LogP contribution in [0, 0.1) is 0 Å². The molecular weight excluding hydrogens is 250 g/mol. The maximum absolute atomic E-state index is 12.3. The van der Waals surface area contributed by atoms with Crippen molar-refractivity contribution in [2.75, 3.05) is 40.5 Å². The van der Waals surface area contributed by atoms with Crippen LogP contribution in [0.5, 0.6) is 17.2 Å². The van der Waals surface area contributed by atoms with E-state index >= 15 is 0 Å². The highest BCUT2D eigenvalue weighted by Crippen LogP contribution is 2.37. The number of methoxy groups -OCH3 is 2. The van der Waals surface area contributed by atoms with Crippen LogP contribution in [0.2, 0.25) is 0 Å². The van der Waals surface area contributed by atoms with Crippen molar-refractivity contribution >= 4 is 5.91 Å². The number of ether oxygens (including phenoxy) is 3. The van der Waals surface area contributed by atoms with Gasteiger partial charge in [0.05, 0.1) is 27.4 Å². The van der Waals surface area contributed by atoms with Crippen LogP contribution in [0.25, 0.3) is 0 Å². The molecule has 1 aliphatic rings. The Balaban J connectivity index is 2.30. The van der Waals surface area contributed by atoms with Gasteiger partial charge in [0.25, 0.3) is 5.91 Å². The lowest BCUT2D eigenvalue weighted by Crippen LogP contribution is -2.40. The summed E-state index contributed by atoms with van der Waals surface area (Å²) in [6, 6.07) is 3.02. The van der Waals surface area contributed by atoms with Crippen LogP contribution in [0.1, 0.15) is 10.4 Å². The van der Waals surface area contributed by atoms with Crippen LogP contribution in [-0.4, -0.2) is 56.4 Å². The van der Waals surface area contributed by atoms with Crippen molar-refractivity contribution in [1.29, 1.82) is 0 Å². The summed E-state index contributed by atoms with van der Waals surface area (Å²) in [6.45, 7) is 2.20. The molecule has 0 atom stereocenters. The quantitative estimate of drug-likeness (QED) is 0.880. The molecule has 1 fully saturated rings. The molecule has 0 spiro atoms. The van der Waals surface area contributed by atoms with Crippen molar-refractivity contribution in [3.63, 3.8) is 0 Å². The molecular formula is C13H17NO5. The second kappa shape index (κ2) is 5.79. The van der Waals surface area contributed by atoms with Crippen molar-refractivity contribution in [2.45, 2.75) is 0 Å². The Hall–Kier alpha value is -1.95. The summed E-state index contributed by atoms with van der Waals surface area (Å²) in [5.74, 6) is 0.204. The summed E-state index contributed by atoms with van der Waals surface area (Å²) in [7, 11) is 2.86. The van der Waals surface area contributed by atoms with E-state index in [1.807, 2.05) is 0 Å². The molecule has 1 aromatic rings. The number of phenols is 1. The number of morpholine rings is 1. The van der Waals surface area contributed by atoms with Crippen LogP contribution in [0.3, 0.4) is 0 Å². The summed E-state index contributed by atoms with van der Waals surface area (Å²) >= 11 is 0. The maximum Gasteiger partial charge on any atom is 0.254 e. The zero-order valence-corrected chi connectivity index (χ0v) is 11.0. The number of carbonyl (C=O) groups excluding carboxylic acids is 1. The van der Waals surface area contributed by atoms with Gasteiger partial charge in [-0.15, -0.1) is 0 Å². The zero-order valence-electron chi connectivity index (χ0n) is 11.0. The lowest BCUT2D eigenvalue weighted by atomic mass is 10.1. The Morgan fingerprint density at radius 3 is 2.21 bits per heavy atom. The predicted octanol–water partition coefficient (Wildman–Crippen LogP) is 0.882. The molecule has 2 rings (SSSR count). The molecule has 1 amide bonds. The molecule has 0 unspecified atom stereocenters. The molecule has 1 N–H and O–H groups in total. The fourth-order valence-electron chi connectivity index (χ4n) is 1.97. The second-order valence-corrected chi connectivity index (χ2v) is 4.13. The first-order valence-electron chi connectivity index (χ1n) is 5.99. The van der Waals surface area contributed by atoms with Crippen LogP contribution in [0.15, 0.2) is 12.1 Å². The number of carbonyl (C=O) groups is 1. The van der Waals surface area contributed by atoms with Gasteiger partial charge in [0.15, 0.2) is 11.5 Å². The Kier molecular flexibility index (Phi) is 4.11. The number of hydrogen-bond donors (Lipinski definition) is 1. The van der Waals surface area contributed by atoms with Crippen molar-refractivity contribution in [2.24, 2.45) is 0 Å². The third-order valence-electron chi connectivity index (χ3n) is 3.03. The predicted molar refractivity (Wildman–Crippen MR) is 67.9 cm³/mol. The number of aromatic hydroxyl groups is 1. The first kappa shape index (κ1) is 13.5.